The van der Waals surface area contributed by atoms with Crippen LogP contribution in [0.1, 0.15) is 42.1 Å². The predicted octanol–water partition coefficient (Wildman–Crippen LogP) is 5.82. The molecule has 126 valence electrons. The van der Waals surface area contributed by atoms with Crippen LogP contribution in [0.4, 0.5) is 11.6 Å². The summed E-state index contributed by atoms with van der Waals surface area (Å²) in [5.74, 6) is 1.15. The Hall–Kier alpha value is -2.94. The van der Waals surface area contributed by atoms with Crippen LogP contribution in [0.5, 0.6) is 0 Å². The summed E-state index contributed by atoms with van der Waals surface area (Å²) >= 11 is 0. The van der Waals surface area contributed by atoms with Gasteiger partial charge in [0.25, 0.3) is 0 Å². The molecule has 25 heavy (non-hydrogen) atoms. The molecule has 3 nitrogen and oxygen atoms in total. The summed E-state index contributed by atoms with van der Waals surface area (Å²) in [4.78, 5) is 8.83. The first-order valence-corrected chi connectivity index (χ1v) is 8.55. The molecule has 0 radical (unpaired) electrons. The Kier molecular flexibility index (Phi) is 5.24. The first kappa shape index (κ1) is 16.9. The molecule has 3 rings (SSSR count). The molecule has 1 aromatic heterocycles. The summed E-state index contributed by atoms with van der Waals surface area (Å²) in [6.07, 6.45) is 5.85. The molecule has 0 atom stereocenters. The number of hydrogen-bond donors (Lipinski definition) is 1. The second kappa shape index (κ2) is 7.75. The summed E-state index contributed by atoms with van der Waals surface area (Å²) in [5, 5.41) is 3.23. The van der Waals surface area contributed by atoms with Crippen LogP contribution >= 0.6 is 0 Å². The Morgan fingerprint density at radius 1 is 0.880 bits per heavy atom. The fourth-order valence-electron chi connectivity index (χ4n) is 2.47. The van der Waals surface area contributed by atoms with Gasteiger partial charge in [-0.05, 0) is 48.2 Å². The zero-order valence-electron chi connectivity index (χ0n) is 14.9. The lowest BCUT2D eigenvalue weighted by Gasteiger charge is -2.06. The van der Waals surface area contributed by atoms with E-state index in [0.29, 0.717) is 11.9 Å². The van der Waals surface area contributed by atoms with Gasteiger partial charge in [0.1, 0.15) is 0 Å². The molecule has 0 unspecified atom stereocenters. The van der Waals surface area contributed by atoms with Crippen LogP contribution in [-0.4, -0.2) is 9.97 Å². The average molecular weight is 329 g/mol. The molecular weight excluding hydrogens is 306 g/mol. The highest BCUT2D eigenvalue weighted by Crippen LogP contribution is 2.17. The van der Waals surface area contributed by atoms with E-state index < -0.39 is 0 Å². The number of aryl methyl sites for hydroxylation is 1. The predicted molar refractivity (Wildman–Crippen MR) is 106 cm³/mol. The van der Waals surface area contributed by atoms with Gasteiger partial charge in [0.05, 0.1) is 5.69 Å². The lowest BCUT2D eigenvalue weighted by Crippen LogP contribution is -1.97. The second-order valence-corrected chi connectivity index (χ2v) is 6.45. The van der Waals surface area contributed by atoms with E-state index >= 15 is 0 Å². The Bertz CT molecular complexity index is 847. The van der Waals surface area contributed by atoms with Gasteiger partial charge in [-0.15, -0.1) is 0 Å². The molecule has 1 N–H and O–H groups in total. The Balaban J connectivity index is 1.71. The van der Waals surface area contributed by atoms with E-state index in [1.165, 1.54) is 11.1 Å². The van der Waals surface area contributed by atoms with Gasteiger partial charge in [-0.2, -0.15) is 0 Å². The fraction of sp³-hybridized carbons (Fsp3) is 0.182. The van der Waals surface area contributed by atoms with Crippen LogP contribution in [-0.2, 0) is 0 Å². The molecule has 3 heteroatoms. The maximum Gasteiger partial charge on any atom is 0.227 e. The number of anilines is 2. The molecule has 0 aliphatic rings. The minimum Gasteiger partial charge on any atom is -0.324 e. The normalized spacial score (nSPS) is 11.2. The zero-order valence-corrected chi connectivity index (χ0v) is 14.9. The first-order chi connectivity index (χ1) is 12.1. The van der Waals surface area contributed by atoms with Crippen LogP contribution in [0.3, 0.4) is 0 Å². The maximum atomic E-state index is 4.54. The molecule has 0 amide bonds. The van der Waals surface area contributed by atoms with E-state index in [1.54, 1.807) is 6.20 Å². The van der Waals surface area contributed by atoms with Crippen molar-refractivity contribution in [3.8, 4) is 0 Å². The molecule has 0 saturated heterocycles. The quantitative estimate of drug-likeness (QED) is 0.640. The van der Waals surface area contributed by atoms with Crippen molar-refractivity contribution in [1.29, 1.82) is 0 Å². The van der Waals surface area contributed by atoms with Gasteiger partial charge >= 0.3 is 0 Å². The SMILES string of the molecule is Cc1ccc(Nc2nccc(/C=C/c3ccc(C(C)C)cc3)n2)cc1. The van der Waals surface area contributed by atoms with E-state index in [0.717, 1.165) is 16.9 Å². The largest absolute Gasteiger partial charge is 0.324 e. The summed E-state index contributed by atoms with van der Waals surface area (Å²) in [5.41, 5.74) is 5.60. The van der Waals surface area contributed by atoms with Gasteiger partial charge in [-0.3, -0.25) is 0 Å². The van der Waals surface area contributed by atoms with Crippen molar-refractivity contribution in [3.05, 3.63) is 83.2 Å². The summed E-state index contributed by atoms with van der Waals surface area (Å²) in [7, 11) is 0. The molecular formula is C22H23N3. The standard InChI is InChI=1S/C22H23N3/c1-16(2)19-9-6-18(7-10-19)8-13-21-14-15-23-22(25-21)24-20-11-4-17(3)5-12-20/h4-16H,1-3H3,(H,23,24,25)/b13-8+. The van der Waals surface area contributed by atoms with E-state index in [4.69, 9.17) is 0 Å². The van der Waals surface area contributed by atoms with Crippen molar-refractivity contribution in [1.82, 2.24) is 9.97 Å². The van der Waals surface area contributed by atoms with E-state index in [1.807, 2.05) is 24.3 Å². The van der Waals surface area contributed by atoms with Crippen molar-refractivity contribution >= 4 is 23.8 Å². The number of aromatic nitrogens is 2. The summed E-state index contributed by atoms with van der Waals surface area (Å²) < 4.78 is 0. The Morgan fingerprint density at radius 2 is 1.60 bits per heavy atom. The summed E-state index contributed by atoms with van der Waals surface area (Å²) in [6, 6.07) is 18.7. The Labute approximate surface area is 149 Å². The molecule has 0 spiro atoms. The number of rotatable bonds is 5. The Morgan fingerprint density at radius 3 is 2.28 bits per heavy atom. The number of nitrogens with one attached hydrogen (secondary N) is 1. The number of hydrogen-bond acceptors (Lipinski definition) is 3. The van der Waals surface area contributed by atoms with Gasteiger partial charge in [0.2, 0.25) is 5.95 Å². The van der Waals surface area contributed by atoms with Crippen molar-refractivity contribution in [2.24, 2.45) is 0 Å². The molecule has 0 fully saturated rings. The summed E-state index contributed by atoms with van der Waals surface area (Å²) in [6.45, 7) is 6.47. The van der Waals surface area contributed by atoms with Crippen molar-refractivity contribution < 1.29 is 0 Å². The fourth-order valence-corrected chi connectivity index (χ4v) is 2.47. The van der Waals surface area contributed by atoms with Crippen LogP contribution in [0.25, 0.3) is 12.2 Å². The van der Waals surface area contributed by atoms with Gasteiger partial charge in [-0.1, -0.05) is 61.9 Å². The van der Waals surface area contributed by atoms with Crippen LogP contribution in [0.2, 0.25) is 0 Å². The number of benzene rings is 2. The van der Waals surface area contributed by atoms with Gasteiger partial charge < -0.3 is 5.32 Å². The molecule has 3 aromatic rings. The third kappa shape index (κ3) is 4.77. The lowest BCUT2D eigenvalue weighted by molar-refractivity contribution is 0.866. The monoisotopic (exact) mass is 329 g/mol. The highest BCUT2D eigenvalue weighted by atomic mass is 15.1. The lowest BCUT2D eigenvalue weighted by atomic mass is 10.0. The highest BCUT2D eigenvalue weighted by Gasteiger charge is 2.00. The maximum absolute atomic E-state index is 4.54. The van der Waals surface area contributed by atoms with Crippen LogP contribution in [0, 0.1) is 6.92 Å². The smallest absolute Gasteiger partial charge is 0.227 e. The average Bonchev–Trinajstić information content (AvgIpc) is 2.63. The molecule has 2 aromatic carbocycles. The minimum atomic E-state index is 0.551. The first-order valence-electron chi connectivity index (χ1n) is 8.55. The number of nitrogens with zero attached hydrogens (tertiary/aromatic N) is 2. The van der Waals surface area contributed by atoms with Crippen LogP contribution in [0.15, 0.2) is 60.8 Å². The van der Waals surface area contributed by atoms with Crippen molar-refractivity contribution in [2.45, 2.75) is 26.7 Å². The van der Waals surface area contributed by atoms with Crippen molar-refractivity contribution in [3.63, 3.8) is 0 Å². The zero-order chi connectivity index (χ0) is 17.6. The third-order valence-electron chi connectivity index (χ3n) is 4.03. The van der Waals surface area contributed by atoms with Crippen molar-refractivity contribution in [2.75, 3.05) is 5.32 Å². The third-order valence-corrected chi connectivity index (χ3v) is 4.03. The van der Waals surface area contributed by atoms with E-state index in [9.17, 15) is 0 Å². The topological polar surface area (TPSA) is 37.8 Å². The molecule has 1 heterocycles. The highest BCUT2D eigenvalue weighted by molar-refractivity contribution is 5.68. The van der Waals surface area contributed by atoms with Gasteiger partial charge in [0, 0.05) is 11.9 Å². The second-order valence-electron chi connectivity index (χ2n) is 6.45. The molecule has 0 bridgehead atoms. The van der Waals surface area contributed by atoms with E-state index in [-0.39, 0.29) is 0 Å². The van der Waals surface area contributed by atoms with E-state index in [2.05, 4.69) is 78.5 Å². The molecule has 0 aliphatic heterocycles. The minimum absolute atomic E-state index is 0.551. The molecule has 0 saturated carbocycles. The molecule has 0 aliphatic carbocycles. The van der Waals surface area contributed by atoms with Gasteiger partial charge in [0.15, 0.2) is 0 Å². The van der Waals surface area contributed by atoms with Crippen LogP contribution < -0.4 is 5.32 Å². The van der Waals surface area contributed by atoms with Gasteiger partial charge in [-0.25, -0.2) is 9.97 Å².